The Bertz CT molecular complexity index is 1070. The molecule has 0 radical (unpaired) electrons. The fourth-order valence-corrected chi connectivity index (χ4v) is 3.57. The lowest BCUT2D eigenvalue weighted by molar-refractivity contribution is 0.101. The van der Waals surface area contributed by atoms with Crippen molar-refractivity contribution >= 4 is 32.3 Å². The molecular weight excluding hydrogens is 340 g/mol. The second kappa shape index (κ2) is 6.25. The highest BCUT2D eigenvalue weighted by atomic mass is 32.2. The molecule has 1 amide bonds. The largest absolute Gasteiger partial charge is 0.506 e. The first-order valence-electron chi connectivity index (χ1n) is 7.75. The number of nitrogens with zero attached hydrogens (tertiary/aromatic N) is 1. The molecule has 0 aliphatic heterocycles. The topological polar surface area (TPSA) is 88.4 Å². The molecule has 3 rings (SSSR count). The number of carbonyl (C=O) groups is 1. The summed E-state index contributed by atoms with van der Waals surface area (Å²) in [7, 11) is -1.66. The fourth-order valence-electron chi connectivity index (χ4n) is 2.67. The van der Waals surface area contributed by atoms with Crippen molar-refractivity contribution < 1.29 is 18.3 Å². The molecule has 6 nitrogen and oxygen atoms in total. The number of amides is 1. The SMILES string of the molecule is CCS(=O)(=O)c1ccc(O)c(NC(=O)c2cc3ccccc3n2C)c1. The van der Waals surface area contributed by atoms with Crippen LogP contribution in [0.1, 0.15) is 17.4 Å². The minimum atomic E-state index is -3.43. The van der Waals surface area contributed by atoms with Gasteiger partial charge in [0.15, 0.2) is 9.84 Å². The summed E-state index contributed by atoms with van der Waals surface area (Å²) < 4.78 is 25.7. The highest BCUT2D eigenvalue weighted by Crippen LogP contribution is 2.28. The number of sulfone groups is 1. The lowest BCUT2D eigenvalue weighted by Gasteiger charge is -2.10. The van der Waals surface area contributed by atoms with E-state index in [9.17, 15) is 18.3 Å². The quantitative estimate of drug-likeness (QED) is 0.702. The first-order chi connectivity index (χ1) is 11.8. The van der Waals surface area contributed by atoms with Crippen LogP contribution in [0.2, 0.25) is 0 Å². The molecule has 0 atom stereocenters. The first kappa shape index (κ1) is 17.0. The number of hydrogen-bond acceptors (Lipinski definition) is 4. The highest BCUT2D eigenvalue weighted by Gasteiger charge is 2.18. The zero-order valence-electron chi connectivity index (χ0n) is 13.9. The predicted octanol–water partition coefficient (Wildman–Crippen LogP) is 2.93. The summed E-state index contributed by atoms with van der Waals surface area (Å²) in [6, 6.07) is 13.2. The van der Waals surface area contributed by atoms with Crippen LogP contribution in [0.4, 0.5) is 5.69 Å². The van der Waals surface area contributed by atoms with Crippen LogP contribution in [0.25, 0.3) is 10.9 Å². The lowest BCUT2D eigenvalue weighted by atomic mass is 10.2. The van der Waals surface area contributed by atoms with E-state index in [-0.39, 0.29) is 22.1 Å². The molecule has 1 aromatic heterocycles. The van der Waals surface area contributed by atoms with Crippen molar-refractivity contribution in [3.8, 4) is 5.75 Å². The van der Waals surface area contributed by atoms with Crippen molar-refractivity contribution in [1.29, 1.82) is 0 Å². The molecule has 25 heavy (non-hydrogen) atoms. The molecule has 0 unspecified atom stereocenters. The zero-order chi connectivity index (χ0) is 18.2. The normalized spacial score (nSPS) is 11.6. The Morgan fingerprint density at radius 3 is 2.56 bits per heavy atom. The number of aromatic nitrogens is 1. The van der Waals surface area contributed by atoms with Gasteiger partial charge in [-0.15, -0.1) is 0 Å². The van der Waals surface area contributed by atoms with Gasteiger partial charge in [-0.25, -0.2) is 8.42 Å². The third kappa shape index (κ3) is 3.10. The van der Waals surface area contributed by atoms with Crippen LogP contribution in [-0.2, 0) is 16.9 Å². The smallest absolute Gasteiger partial charge is 0.272 e. The van der Waals surface area contributed by atoms with Gasteiger partial charge in [-0.3, -0.25) is 4.79 Å². The summed E-state index contributed by atoms with van der Waals surface area (Å²) in [5.41, 5.74) is 1.37. The number of para-hydroxylation sites is 1. The van der Waals surface area contributed by atoms with E-state index in [0.29, 0.717) is 5.69 Å². The lowest BCUT2D eigenvalue weighted by Crippen LogP contribution is -2.16. The number of anilines is 1. The van der Waals surface area contributed by atoms with E-state index in [4.69, 9.17) is 0 Å². The average Bonchev–Trinajstić information content (AvgIpc) is 2.94. The fraction of sp³-hybridized carbons (Fsp3) is 0.167. The van der Waals surface area contributed by atoms with Gasteiger partial charge >= 0.3 is 0 Å². The van der Waals surface area contributed by atoms with Crippen molar-refractivity contribution in [3.05, 3.63) is 54.2 Å². The molecule has 0 saturated heterocycles. The number of aryl methyl sites for hydroxylation is 1. The van der Waals surface area contributed by atoms with E-state index < -0.39 is 15.7 Å². The molecule has 2 N–H and O–H groups in total. The molecule has 0 saturated carbocycles. The maximum atomic E-state index is 12.6. The summed E-state index contributed by atoms with van der Waals surface area (Å²) in [6.07, 6.45) is 0. The second-order valence-electron chi connectivity index (χ2n) is 5.68. The molecule has 0 aliphatic carbocycles. The number of rotatable bonds is 4. The van der Waals surface area contributed by atoms with Gasteiger partial charge in [-0.05, 0) is 30.3 Å². The van der Waals surface area contributed by atoms with Gasteiger partial charge in [-0.1, -0.05) is 25.1 Å². The molecule has 130 valence electrons. The minimum Gasteiger partial charge on any atom is -0.506 e. The molecule has 1 heterocycles. The van der Waals surface area contributed by atoms with Crippen molar-refractivity contribution in [2.45, 2.75) is 11.8 Å². The summed E-state index contributed by atoms with van der Waals surface area (Å²) in [6.45, 7) is 1.54. The Labute approximate surface area is 145 Å². The standard InChI is InChI=1S/C18H18N2O4S/c1-3-25(23,24)13-8-9-17(21)14(11-13)19-18(22)16-10-12-6-4-5-7-15(12)20(16)2/h4-11,21H,3H2,1-2H3,(H,19,22). The molecule has 2 aromatic carbocycles. The number of nitrogens with one attached hydrogen (secondary N) is 1. The Hall–Kier alpha value is -2.80. The van der Waals surface area contributed by atoms with Gasteiger partial charge in [0.05, 0.1) is 16.3 Å². The molecule has 0 fully saturated rings. The van der Waals surface area contributed by atoms with Gasteiger partial charge in [-0.2, -0.15) is 0 Å². The van der Waals surface area contributed by atoms with Gasteiger partial charge < -0.3 is 15.0 Å². The average molecular weight is 358 g/mol. The monoisotopic (exact) mass is 358 g/mol. The third-order valence-corrected chi connectivity index (χ3v) is 5.87. The number of aromatic hydroxyl groups is 1. The third-order valence-electron chi connectivity index (χ3n) is 4.14. The van der Waals surface area contributed by atoms with Crippen molar-refractivity contribution in [2.75, 3.05) is 11.1 Å². The molecule has 3 aromatic rings. The van der Waals surface area contributed by atoms with Crippen LogP contribution < -0.4 is 5.32 Å². The van der Waals surface area contributed by atoms with E-state index >= 15 is 0 Å². The van der Waals surface area contributed by atoms with E-state index in [1.54, 1.807) is 17.7 Å². The van der Waals surface area contributed by atoms with E-state index in [2.05, 4.69) is 5.32 Å². The summed E-state index contributed by atoms with van der Waals surface area (Å²) >= 11 is 0. The minimum absolute atomic E-state index is 0.0557. The summed E-state index contributed by atoms with van der Waals surface area (Å²) in [5.74, 6) is -0.684. The number of hydrogen-bond donors (Lipinski definition) is 2. The maximum absolute atomic E-state index is 12.6. The number of phenols is 1. The Morgan fingerprint density at radius 2 is 1.88 bits per heavy atom. The van der Waals surface area contributed by atoms with Crippen LogP contribution in [-0.4, -0.2) is 29.8 Å². The van der Waals surface area contributed by atoms with E-state index in [0.717, 1.165) is 10.9 Å². The van der Waals surface area contributed by atoms with Gasteiger partial charge in [0.2, 0.25) is 0 Å². The van der Waals surface area contributed by atoms with E-state index in [1.807, 2.05) is 24.3 Å². The second-order valence-corrected chi connectivity index (χ2v) is 7.96. The Kier molecular flexibility index (Phi) is 4.26. The molecule has 0 spiro atoms. The number of phenolic OH excluding ortho intramolecular Hbond substituents is 1. The van der Waals surface area contributed by atoms with Gasteiger partial charge in [0, 0.05) is 18.0 Å². The van der Waals surface area contributed by atoms with E-state index in [1.165, 1.54) is 25.1 Å². The summed E-state index contributed by atoms with van der Waals surface area (Å²) in [4.78, 5) is 12.7. The molecular formula is C18H18N2O4S. The zero-order valence-corrected chi connectivity index (χ0v) is 14.7. The first-order valence-corrected chi connectivity index (χ1v) is 9.40. The molecule has 0 bridgehead atoms. The number of benzene rings is 2. The van der Waals surface area contributed by atoms with Gasteiger partial charge in [0.1, 0.15) is 11.4 Å². The number of fused-ring (bicyclic) bond motifs is 1. The molecule has 0 aliphatic rings. The van der Waals surface area contributed by atoms with Crippen LogP contribution in [0.3, 0.4) is 0 Å². The van der Waals surface area contributed by atoms with Crippen LogP contribution >= 0.6 is 0 Å². The van der Waals surface area contributed by atoms with Crippen molar-refractivity contribution in [1.82, 2.24) is 4.57 Å². The maximum Gasteiger partial charge on any atom is 0.272 e. The van der Waals surface area contributed by atoms with Crippen LogP contribution in [0.5, 0.6) is 5.75 Å². The highest BCUT2D eigenvalue weighted by molar-refractivity contribution is 7.91. The predicted molar refractivity (Wildman–Crippen MR) is 96.7 cm³/mol. The van der Waals surface area contributed by atoms with Gasteiger partial charge in [0.25, 0.3) is 5.91 Å². The molecule has 7 heteroatoms. The summed E-state index contributed by atoms with van der Waals surface area (Å²) in [5, 5.41) is 13.5. The Morgan fingerprint density at radius 1 is 1.16 bits per heavy atom. The van der Waals surface area contributed by atoms with Crippen LogP contribution in [0.15, 0.2) is 53.4 Å². The van der Waals surface area contributed by atoms with Crippen LogP contribution in [0, 0.1) is 0 Å². The van der Waals surface area contributed by atoms with Crippen molar-refractivity contribution in [3.63, 3.8) is 0 Å². The Balaban J connectivity index is 1.97. The van der Waals surface area contributed by atoms with Crippen molar-refractivity contribution in [2.24, 2.45) is 7.05 Å². The number of carbonyl (C=O) groups excluding carboxylic acids is 1.